The Kier molecular flexibility index (Phi) is 1.31. The number of imidazole rings is 2. The van der Waals surface area contributed by atoms with Crippen molar-refractivity contribution in [2.75, 3.05) is 6.61 Å². The van der Waals surface area contributed by atoms with Crippen LogP contribution in [0.5, 0.6) is 0 Å². The Bertz CT molecular complexity index is 349. The summed E-state index contributed by atoms with van der Waals surface area (Å²) in [4.78, 5) is 9.35. The van der Waals surface area contributed by atoms with Crippen LogP contribution in [0.1, 0.15) is 6.92 Å². The lowest BCUT2D eigenvalue weighted by atomic mass is 10.9. The zero-order valence-electron chi connectivity index (χ0n) is 6.27. The van der Waals surface area contributed by atoms with Gasteiger partial charge in [-0.3, -0.25) is 4.40 Å². The molecule has 2 aromatic heterocycles. The van der Waals surface area contributed by atoms with Gasteiger partial charge in [0.05, 0.1) is 6.20 Å². The Hall–Kier alpha value is -1.45. The molecule has 0 radical (unpaired) electrons. The van der Waals surface area contributed by atoms with E-state index in [2.05, 4.69) is 4.98 Å². The third-order valence-corrected chi connectivity index (χ3v) is 1.48. The highest BCUT2D eigenvalue weighted by Crippen LogP contribution is 1.99. The van der Waals surface area contributed by atoms with E-state index >= 15 is 0 Å². The van der Waals surface area contributed by atoms with Crippen LogP contribution in [0.15, 0.2) is 24.8 Å². The van der Waals surface area contributed by atoms with Gasteiger partial charge in [0.25, 0.3) is 0 Å². The first-order chi connectivity index (χ1) is 5.42. The fourth-order valence-electron chi connectivity index (χ4n) is 1.03. The first-order valence-electron chi connectivity index (χ1n) is 3.55. The number of hydrogen-bond acceptors (Lipinski definition) is 2. The van der Waals surface area contributed by atoms with Gasteiger partial charge in [0.15, 0.2) is 0 Å². The summed E-state index contributed by atoms with van der Waals surface area (Å²) in [6.07, 6.45) is 7.36. The second kappa shape index (κ2) is 2.30. The highest BCUT2D eigenvalue weighted by atomic mass is 16.7. The Morgan fingerprint density at radius 2 is 2.36 bits per heavy atom. The molecule has 0 N–H and O–H groups in total. The van der Waals surface area contributed by atoms with E-state index in [4.69, 9.17) is 4.84 Å². The van der Waals surface area contributed by atoms with E-state index in [0.717, 1.165) is 5.78 Å². The van der Waals surface area contributed by atoms with Crippen LogP contribution < -0.4 is 4.84 Å². The first kappa shape index (κ1) is 6.27. The van der Waals surface area contributed by atoms with Crippen LogP contribution in [0.25, 0.3) is 5.78 Å². The van der Waals surface area contributed by atoms with Crippen LogP contribution in [-0.4, -0.2) is 20.7 Å². The van der Waals surface area contributed by atoms with Gasteiger partial charge in [0, 0.05) is 18.6 Å². The SMILES string of the molecule is CCOn1ccn2ccnc12. The molecule has 2 aromatic rings. The molecule has 0 aliphatic heterocycles. The van der Waals surface area contributed by atoms with Crippen LogP contribution in [-0.2, 0) is 0 Å². The molecule has 0 aromatic carbocycles. The zero-order valence-corrected chi connectivity index (χ0v) is 6.27. The molecule has 0 atom stereocenters. The predicted octanol–water partition coefficient (Wildman–Crippen LogP) is 0.584. The highest BCUT2D eigenvalue weighted by Gasteiger charge is 1.99. The molecule has 4 nitrogen and oxygen atoms in total. The quantitative estimate of drug-likeness (QED) is 0.628. The van der Waals surface area contributed by atoms with E-state index in [1.807, 2.05) is 29.9 Å². The van der Waals surface area contributed by atoms with Gasteiger partial charge in [0.1, 0.15) is 6.61 Å². The minimum Gasteiger partial charge on any atom is -0.411 e. The Labute approximate surface area is 64.0 Å². The smallest absolute Gasteiger partial charge is 0.247 e. The monoisotopic (exact) mass is 151 g/mol. The largest absolute Gasteiger partial charge is 0.411 e. The highest BCUT2D eigenvalue weighted by molar-refractivity contribution is 5.28. The number of aromatic nitrogens is 3. The Balaban J connectivity index is 2.51. The molecule has 11 heavy (non-hydrogen) atoms. The van der Waals surface area contributed by atoms with E-state index in [1.165, 1.54) is 0 Å². The maximum absolute atomic E-state index is 5.25. The first-order valence-corrected chi connectivity index (χ1v) is 3.55. The fraction of sp³-hybridized carbons (Fsp3) is 0.286. The molecule has 0 amide bonds. The van der Waals surface area contributed by atoms with Crippen LogP contribution in [0, 0.1) is 0 Å². The van der Waals surface area contributed by atoms with E-state index < -0.39 is 0 Å². The van der Waals surface area contributed by atoms with Gasteiger partial charge in [-0.2, -0.15) is 4.73 Å². The van der Waals surface area contributed by atoms with E-state index in [9.17, 15) is 0 Å². The molecule has 0 fully saturated rings. The summed E-state index contributed by atoms with van der Waals surface area (Å²) in [6.45, 7) is 2.59. The minimum absolute atomic E-state index is 0.650. The van der Waals surface area contributed by atoms with E-state index in [1.54, 1.807) is 10.9 Å². The van der Waals surface area contributed by atoms with Crippen molar-refractivity contribution in [3.63, 3.8) is 0 Å². The summed E-state index contributed by atoms with van der Waals surface area (Å²) < 4.78 is 3.55. The van der Waals surface area contributed by atoms with Crippen molar-refractivity contribution < 1.29 is 4.84 Å². The van der Waals surface area contributed by atoms with Gasteiger partial charge in [-0.1, -0.05) is 0 Å². The average Bonchev–Trinajstić information content (AvgIpc) is 2.53. The molecule has 58 valence electrons. The Morgan fingerprint density at radius 3 is 3.18 bits per heavy atom. The van der Waals surface area contributed by atoms with Gasteiger partial charge in [-0.05, 0) is 6.92 Å². The maximum Gasteiger partial charge on any atom is 0.247 e. The van der Waals surface area contributed by atoms with Crippen molar-refractivity contribution in [3.05, 3.63) is 24.8 Å². The number of hydrogen-bond donors (Lipinski definition) is 0. The average molecular weight is 151 g/mol. The van der Waals surface area contributed by atoms with Crippen LogP contribution >= 0.6 is 0 Å². The third kappa shape index (κ3) is 0.869. The molecule has 0 bridgehead atoms. The third-order valence-electron chi connectivity index (χ3n) is 1.48. The summed E-state index contributed by atoms with van der Waals surface area (Å²) in [5.41, 5.74) is 0. The lowest BCUT2D eigenvalue weighted by Crippen LogP contribution is -2.09. The van der Waals surface area contributed by atoms with E-state index in [-0.39, 0.29) is 0 Å². The summed E-state index contributed by atoms with van der Waals surface area (Å²) in [7, 11) is 0. The Morgan fingerprint density at radius 1 is 1.45 bits per heavy atom. The molecule has 2 heterocycles. The van der Waals surface area contributed by atoms with Crippen molar-refractivity contribution in [2.45, 2.75) is 6.92 Å². The second-order valence-corrected chi connectivity index (χ2v) is 2.18. The van der Waals surface area contributed by atoms with Gasteiger partial charge < -0.3 is 4.84 Å². The maximum atomic E-state index is 5.25. The molecule has 2 rings (SSSR count). The topological polar surface area (TPSA) is 31.5 Å². The normalized spacial score (nSPS) is 10.6. The number of nitrogens with zero attached hydrogens (tertiary/aromatic N) is 3. The molecule has 0 aliphatic carbocycles. The summed E-state index contributed by atoms with van der Waals surface area (Å²) in [5.74, 6) is 0.812. The molecule has 0 saturated carbocycles. The predicted molar refractivity (Wildman–Crippen MR) is 40.3 cm³/mol. The second-order valence-electron chi connectivity index (χ2n) is 2.18. The van der Waals surface area contributed by atoms with Crippen molar-refractivity contribution >= 4 is 5.78 Å². The van der Waals surface area contributed by atoms with Crippen molar-refractivity contribution in [3.8, 4) is 0 Å². The lowest BCUT2D eigenvalue weighted by molar-refractivity contribution is 0.130. The fourth-order valence-corrected chi connectivity index (χ4v) is 1.03. The summed E-state index contributed by atoms with van der Waals surface area (Å²) in [6, 6.07) is 0. The molecule has 0 spiro atoms. The minimum atomic E-state index is 0.650. The van der Waals surface area contributed by atoms with Gasteiger partial charge in [-0.25, -0.2) is 4.98 Å². The molecule has 0 saturated heterocycles. The number of rotatable bonds is 2. The molecule has 0 unspecified atom stereocenters. The van der Waals surface area contributed by atoms with Crippen LogP contribution in [0.4, 0.5) is 0 Å². The van der Waals surface area contributed by atoms with Crippen molar-refractivity contribution in [1.29, 1.82) is 0 Å². The number of fused-ring (bicyclic) bond motifs is 1. The van der Waals surface area contributed by atoms with Crippen LogP contribution in [0.2, 0.25) is 0 Å². The molecular formula is C7H9N3O. The molecule has 4 heteroatoms. The van der Waals surface area contributed by atoms with Gasteiger partial charge in [0.2, 0.25) is 5.78 Å². The summed E-state index contributed by atoms with van der Waals surface area (Å²) >= 11 is 0. The molecule has 0 aliphatic rings. The van der Waals surface area contributed by atoms with E-state index in [0.29, 0.717) is 6.61 Å². The van der Waals surface area contributed by atoms with Crippen LogP contribution in [0.3, 0.4) is 0 Å². The van der Waals surface area contributed by atoms with Crippen molar-refractivity contribution in [1.82, 2.24) is 14.1 Å². The van der Waals surface area contributed by atoms with Crippen molar-refractivity contribution in [2.24, 2.45) is 0 Å². The summed E-state index contributed by atoms with van der Waals surface area (Å²) in [5, 5.41) is 0. The van der Waals surface area contributed by atoms with Gasteiger partial charge >= 0.3 is 0 Å². The van der Waals surface area contributed by atoms with Gasteiger partial charge in [-0.15, -0.1) is 0 Å². The molecular weight excluding hydrogens is 142 g/mol. The lowest BCUT2D eigenvalue weighted by Gasteiger charge is -2.00. The standard InChI is InChI=1S/C7H9N3O/c1-2-11-10-6-5-9-4-3-8-7(9)10/h3-6H,2H2,1H3. The zero-order chi connectivity index (χ0) is 7.68.